The number of hydrogen-bond donors (Lipinski definition) is 2. The van der Waals surface area contributed by atoms with Gasteiger partial charge in [-0.25, -0.2) is 14.8 Å². The summed E-state index contributed by atoms with van der Waals surface area (Å²) in [5.74, 6) is 0.833. The zero-order valence-electron chi connectivity index (χ0n) is 24.8. The average molecular weight is 584 g/mol. The number of ether oxygens (including phenoxy) is 2. The Morgan fingerprint density at radius 3 is 2.53 bits per heavy atom. The average Bonchev–Trinajstić information content (AvgIpc) is 3.39. The van der Waals surface area contributed by atoms with Crippen molar-refractivity contribution in [2.75, 3.05) is 54.5 Å². The Kier molecular flexibility index (Phi) is 7.98. The maximum Gasteiger partial charge on any atom is 0.407 e. The number of hydrogen-bond acceptors (Lipinski definition) is 9. The quantitative estimate of drug-likeness (QED) is 0.429. The number of aromatic nitrogens is 3. The first-order valence-electron chi connectivity index (χ1n) is 14.7. The molecular weight excluding hydrogens is 546 g/mol. The number of alkyl carbamates (subject to hydrolysis) is 1. The Labute approximate surface area is 251 Å². The van der Waals surface area contributed by atoms with E-state index in [1.54, 1.807) is 12.5 Å². The first kappa shape index (κ1) is 28.6. The smallest absolute Gasteiger partial charge is 0.407 e. The lowest BCUT2D eigenvalue weighted by molar-refractivity contribution is -0.115. The summed E-state index contributed by atoms with van der Waals surface area (Å²) < 4.78 is 10.8. The van der Waals surface area contributed by atoms with Gasteiger partial charge in [0, 0.05) is 55.7 Å². The molecule has 6 rings (SSSR count). The summed E-state index contributed by atoms with van der Waals surface area (Å²) in [5, 5.41) is 5.88. The molecule has 0 saturated carbocycles. The number of carbonyl (C=O) groups excluding carboxylic acids is 2. The number of anilines is 3. The van der Waals surface area contributed by atoms with Crippen LogP contribution in [-0.4, -0.2) is 78.0 Å². The van der Waals surface area contributed by atoms with Crippen molar-refractivity contribution in [3.8, 4) is 0 Å². The van der Waals surface area contributed by atoms with E-state index >= 15 is 0 Å². The Hall–Kier alpha value is -4.51. The molecule has 1 aromatic carbocycles. The number of allylic oxidation sites excluding steroid dienone is 1. The van der Waals surface area contributed by atoms with Gasteiger partial charge >= 0.3 is 6.09 Å². The second kappa shape index (κ2) is 12.0. The molecule has 0 radical (unpaired) electrons. The predicted molar refractivity (Wildman–Crippen MR) is 165 cm³/mol. The second-order valence-electron chi connectivity index (χ2n) is 12.1. The number of pyridine rings is 1. The first-order chi connectivity index (χ1) is 20.7. The highest BCUT2D eigenvalue weighted by atomic mass is 16.6. The van der Waals surface area contributed by atoms with E-state index in [0.29, 0.717) is 32.0 Å². The molecule has 4 heterocycles. The van der Waals surface area contributed by atoms with Gasteiger partial charge < -0.3 is 29.9 Å². The number of benzene rings is 1. The number of nitrogens with zero attached hydrogens (tertiary/aromatic N) is 5. The Morgan fingerprint density at radius 2 is 1.79 bits per heavy atom. The van der Waals surface area contributed by atoms with Crippen LogP contribution in [-0.2, 0) is 27.1 Å². The second-order valence-corrected chi connectivity index (χ2v) is 12.1. The number of fused-ring (bicyclic) bond motifs is 1. The molecule has 3 aromatic rings. The largest absolute Gasteiger partial charge is 0.444 e. The molecule has 2 fully saturated rings. The van der Waals surface area contributed by atoms with Crippen LogP contribution in [0.5, 0.6) is 0 Å². The van der Waals surface area contributed by atoms with Gasteiger partial charge in [-0.15, -0.1) is 0 Å². The summed E-state index contributed by atoms with van der Waals surface area (Å²) in [5.41, 5.74) is 6.24. The molecule has 11 heteroatoms. The predicted octanol–water partition coefficient (Wildman–Crippen LogP) is 3.70. The molecule has 3 aliphatic rings. The van der Waals surface area contributed by atoms with E-state index in [9.17, 15) is 9.59 Å². The van der Waals surface area contributed by atoms with Crippen LogP contribution in [0.15, 0.2) is 48.9 Å². The van der Waals surface area contributed by atoms with Crippen LogP contribution in [0.25, 0.3) is 11.6 Å². The molecule has 0 bridgehead atoms. The maximum absolute atomic E-state index is 12.8. The highest BCUT2D eigenvalue weighted by Crippen LogP contribution is 2.35. The van der Waals surface area contributed by atoms with Crippen LogP contribution >= 0.6 is 0 Å². The fourth-order valence-electron chi connectivity index (χ4n) is 5.48. The van der Waals surface area contributed by atoms with Crippen molar-refractivity contribution in [1.29, 1.82) is 0 Å². The SMILES string of the molecule is CC(C)(C)OC(=O)NC1CN(c2ccnc(CC(=O)Nc3ccc(C4=Cc5c(ncnc5N5CCOCC5)C4)cc3)c2)C1. The Bertz CT molecular complexity index is 1520. The highest BCUT2D eigenvalue weighted by molar-refractivity contribution is 5.94. The minimum Gasteiger partial charge on any atom is -0.444 e. The van der Waals surface area contributed by atoms with E-state index in [4.69, 9.17) is 9.47 Å². The van der Waals surface area contributed by atoms with Gasteiger partial charge in [-0.05, 0) is 62.2 Å². The molecule has 0 atom stereocenters. The van der Waals surface area contributed by atoms with Crippen molar-refractivity contribution in [3.05, 3.63) is 71.4 Å². The third-order valence-electron chi connectivity index (χ3n) is 7.58. The summed E-state index contributed by atoms with van der Waals surface area (Å²) in [6.07, 6.45) is 6.04. The van der Waals surface area contributed by atoms with Crippen LogP contribution in [0.1, 0.15) is 43.3 Å². The van der Waals surface area contributed by atoms with E-state index in [-0.39, 0.29) is 18.4 Å². The lowest BCUT2D eigenvalue weighted by Gasteiger charge is -2.41. The van der Waals surface area contributed by atoms with Gasteiger partial charge in [0.1, 0.15) is 17.7 Å². The van der Waals surface area contributed by atoms with Crippen molar-refractivity contribution in [2.24, 2.45) is 0 Å². The van der Waals surface area contributed by atoms with Crippen molar-refractivity contribution < 1.29 is 19.1 Å². The van der Waals surface area contributed by atoms with E-state index in [1.165, 1.54) is 5.57 Å². The standard InChI is InChI=1S/C32H37N7O4/c1-32(2,3)43-31(41)37-25-18-39(19-25)26-8-9-33-24(16-26)17-29(40)36-23-6-4-21(5-7-23)22-14-27-28(15-22)34-20-35-30(27)38-10-12-42-13-11-38/h4-9,14,16,20,25H,10-13,15,17-19H2,1-3H3,(H,36,40)(H,37,41). The van der Waals surface area contributed by atoms with Gasteiger partial charge in [-0.3, -0.25) is 9.78 Å². The number of morpholine rings is 1. The van der Waals surface area contributed by atoms with Crippen molar-refractivity contribution in [1.82, 2.24) is 20.3 Å². The number of rotatable bonds is 7. The lowest BCUT2D eigenvalue weighted by Crippen LogP contribution is -2.60. The number of amides is 2. The number of carbonyl (C=O) groups is 2. The monoisotopic (exact) mass is 583 g/mol. The highest BCUT2D eigenvalue weighted by Gasteiger charge is 2.30. The van der Waals surface area contributed by atoms with Crippen LogP contribution in [0.4, 0.5) is 22.0 Å². The molecule has 2 saturated heterocycles. The molecule has 2 aliphatic heterocycles. The summed E-state index contributed by atoms with van der Waals surface area (Å²) in [6, 6.07) is 11.8. The molecule has 2 aromatic heterocycles. The molecule has 2 N–H and O–H groups in total. The molecule has 1 aliphatic carbocycles. The molecule has 0 unspecified atom stereocenters. The number of nitrogens with one attached hydrogen (secondary N) is 2. The first-order valence-corrected chi connectivity index (χ1v) is 14.7. The zero-order chi connectivity index (χ0) is 30.0. The third-order valence-corrected chi connectivity index (χ3v) is 7.58. The molecule has 224 valence electrons. The molecule has 11 nitrogen and oxygen atoms in total. The van der Waals surface area contributed by atoms with Crippen LogP contribution in [0.3, 0.4) is 0 Å². The van der Waals surface area contributed by atoms with Gasteiger partial charge in [0.05, 0.1) is 37.1 Å². The molecular formula is C32H37N7O4. The van der Waals surface area contributed by atoms with Crippen molar-refractivity contribution in [3.63, 3.8) is 0 Å². The van der Waals surface area contributed by atoms with E-state index in [2.05, 4.69) is 41.5 Å². The molecule has 2 amide bonds. The van der Waals surface area contributed by atoms with Crippen LogP contribution in [0.2, 0.25) is 0 Å². The van der Waals surface area contributed by atoms with Crippen LogP contribution in [0, 0.1) is 0 Å². The minimum atomic E-state index is -0.528. The third kappa shape index (κ3) is 6.94. The van der Waals surface area contributed by atoms with Crippen LogP contribution < -0.4 is 20.4 Å². The summed E-state index contributed by atoms with van der Waals surface area (Å²) >= 11 is 0. The minimum absolute atomic E-state index is 0.0200. The van der Waals surface area contributed by atoms with E-state index < -0.39 is 11.7 Å². The van der Waals surface area contributed by atoms with E-state index in [1.807, 2.05) is 57.2 Å². The zero-order valence-corrected chi connectivity index (χ0v) is 24.8. The van der Waals surface area contributed by atoms with Crippen molar-refractivity contribution in [2.45, 2.75) is 45.3 Å². The Morgan fingerprint density at radius 1 is 1.02 bits per heavy atom. The summed E-state index contributed by atoms with van der Waals surface area (Å²) in [4.78, 5) is 42.7. The van der Waals surface area contributed by atoms with Gasteiger partial charge in [0.25, 0.3) is 0 Å². The van der Waals surface area contributed by atoms with Gasteiger partial charge in [-0.1, -0.05) is 12.1 Å². The Balaban J connectivity index is 1.02. The van der Waals surface area contributed by atoms with Crippen molar-refractivity contribution >= 4 is 40.8 Å². The summed E-state index contributed by atoms with van der Waals surface area (Å²) in [6.45, 7) is 9.93. The topological polar surface area (TPSA) is 122 Å². The fraction of sp³-hybridized carbons (Fsp3) is 0.406. The molecule has 43 heavy (non-hydrogen) atoms. The lowest BCUT2D eigenvalue weighted by atomic mass is 10.0. The van der Waals surface area contributed by atoms with Gasteiger partial charge in [-0.2, -0.15) is 0 Å². The fourth-order valence-corrected chi connectivity index (χ4v) is 5.48. The maximum atomic E-state index is 12.8. The normalized spacial score (nSPS) is 16.7. The molecule has 0 spiro atoms. The van der Waals surface area contributed by atoms with E-state index in [0.717, 1.165) is 53.5 Å². The van der Waals surface area contributed by atoms with Gasteiger partial charge in [0.15, 0.2) is 0 Å². The van der Waals surface area contributed by atoms with Gasteiger partial charge in [0.2, 0.25) is 5.91 Å². The summed E-state index contributed by atoms with van der Waals surface area (Å²) in [7, 11) is 0.